The molecule has 0 aromatic heterocycles. The number of sulfonamides is 1. The monoisotopic (exact) mass is 310 g/mol. The summed E-state index contributed by atoms with van der Waals surface area (Å²) in [5, 5.41) is 8.83. The van der Waals surface area contributed by atoms with Crippen LogP contribution in [0.15, 0.2) is 17.0 Å². The highest BCUT2D eigenvalue weighted by Crippen LogP contribution is 2.22. The van der Waals surface area contributed by atoms with Crippen LogP contribution in [0.2, 0.25) is 0 Å². The highest BCUT2D eigenvalue weighted by Gasteiger charge is 2.25. The fourth-order valence-electron chi connectivity index (χ4n) is 1.57. The van der Waals surface area contributed by atoms with Crippen molar-refractivity contribution in [1.82, 2.24) is 4.72 Å². The van der Waals surface area contributed by atoms with Crippen molar-refractivity contribution >= 4 is 15.7 Å². The van der Waals surface area contributed by atoms with Gasteiger partial charge in [-0.3, -0.25) is 0 Å². The molecular formula is C11H16F2N2O4S. The zero-order valence-corrected chi connectivity index (χ0v) is 11.6. The Hall–Kier alpha value is -1.29. The number of rotatable bonds is 7. The minimum absolute atomic E-state index is 0.00190. The normalized spacial score (nSPS) is 13.4. The van der Waals surface area contributed by atoms with Gasteiger partial charge >= 0.3 is 0 Å². The lowest BCUT2D eigenvalue weighted by Gasteiger charge is -2.17. The third kappa shape index (κ3) is 3.85. The fraction of sp³-hybridized carbons (Fsp3) is 0.455. The van der Waals surface area contributed by atoms with Gasteiger partial charge < -0.3 is 15.6 Å². The molecule has 0 aliphatic carbocycles. The van der Waals surface area contributed by atoms with Gasteiger partial charge in [0.05, 0.1) is 6.61 Å². The highest BCUT2D eigenvalue weighted by molar-refractivity contribution is 7.89. The Bertz CT molecular complexity index is 560. The van der Waals surface area contributed by atoms with Crippen LogP contribution in [-0.4, -0.2) is 39.9 Å². The van der Waals surface area contributed by atoms with Crippen molar-refractivity contribution in [2.75, 3.05) is 26.1 Å². The molecule has 1 unspecified atom stereocenters. The molecule has 0 saturated carbocycles. The van der Waals surface area contributed by atoms with Crippen LogP contribution in [0.3, 0.4) is 0 Å². The number of anilines is 1. The molecule has 0 radical (unpaired) electrons. The number of methoxy groups -OCH3 is 1. The van der Waals surface area contributed by atoms with Crippen LogP contribution < -0.4 is 10.5 Å². The average Bonchev–Trinajstić information content (AvgIpc) is 2.36. The topological polar surface area (TPSA) is 102 Å². The maximum atomic E-state index is 13.7. The fourth-order valence-corrected chi connectivity index (χ4v) is 2.92. The quantitative estimate of drug-likeness (QED) is 0.626. The van der Waals surface area contributed by atoms with E-state index in [4.69, 9.17) is 15.6 Å². The number of benzene rings is 1. The molecule has 1 aromatic carbocycles. The first-order chi connectivity index (χ1) is 9.33. The van der Waals surface area contributed by atoms with Crippen molar-refractivity contribution < 1.29 is 27.0 Å². The molecule has 0 fully saturated rings. The summed E-state index contributed by atoms with van der Waals surface area (Å²) in [6.45, 7) is -0.275. The van der Waals surface area contributed by atoms with Crippen molar-refractivity contribution in [2.24, 2.45) is 0 Å². The second-order valence-electron chi connectivity index (χ2n) is 4.06. The second-order valence-corrected chi connectivity index (χ2v) is 5.74. The highest BCUT2D eigenvalue weighted by atomic mass is 32.2. The van der Waals surface area contributed by atoms with Crippen molar-refractivity contribution in [1.29, 1.82) is 0 Å². The van der Waals surface area contributed by atoms with Gasteiger partial charge in [-0.25, -0.2) is 21.9 Å². The van der Waals surface area contributed by atoms with Gasteiger partial charge in [0, 0.05) is 19.8 Å². The Kier molecular flexibility index (Phi) is 5.81. The van der Waals surface area contributed by atoms with E-state index in [9.17, 15) is 17.2 Å². The van der Waals surface area contributed by atoms with Gasteiger partial charge in [-0.15, -0.1) is 0 Å². The molecule has 1 rings (SSSR count). The summed E-state index contributed by atoms with van der Waals surface area (Å²) in [6.07, 6.45) is 0.0887. The Morgan fingerprint density at radius 2 is 2.10 bits per heavy atom. The molecule has 6 nitrogen and oxygen atoms in total. The predicted molar refractivity (Wildman–Crippen MR) is 68.5 cm³/mol. The number of nitrogens with two attached hydrogens (primary N) is 1. The molecule has 114 valence electrons. The van der Waals surface area contributed by atoms with Gasteiger partial charge in [0.1, 0.15) is 16.4 Å². The van der Waals surface area contributed by atoms with Crippen molar-refractivity contribution in [3.63, 3.8) is 0 Å². The van der Waals surface area contributed by atoms with Gasteiger partial charge in [-0.05, 0) is 18.6 Å². The van der Waals surface area contributed by atoms with E-state index >= 15 is 0 Å². The minimum Gasteiger partial charge on any atom is -0.396 e. The maximum absolute atomic E-state index is 13.7. The van der Waals surface area contributed by atoms with Crippen LogP contribution in [0.1, 0.15) is 6.42 Å². The molecule has 0 aliphatic heterocycles. The van der Waals surface area contributed by atoms with Crippen LogP contribution in [0, 0.1) is 11.6 Å². The van der Waals surface area contributed by atoms with Crippen molar-refractivity contribution in [3.8, 4) is 0 Å². The van der Waals surface area contributed by atoms with Gasteiger partial charge in [-0.2, -0.15) is 0 Å². The molecule has 1 atom stereocenters. The molecule has 0 bridgehead atoms. The number of halogens is 2. The lowest BCUT2D eigenvalue weighted by Crippen LogP contribution is -2.39. The molecule has 4 N–H and O–H groups in total. The van der Waals surface area contributed by atoms with E-state index in [1.807, 2.05) is 0 Å². The van der Waals surface area contributed by atoms with E-state index in [-0.39, 0.29) is 19.6 Å². The number of aliphatic hydroxyl groups is 1. The van der Waals surface area contributed by atoms with E-state index in [1.54, 1.807) is 0 Å². The summed E-state index contributed by atoms with van der Waals surface area (Å²) in [6, 6.07) is 0.817. The zero-order chi connectivity index (χ0) is 15.3. The first kappa shape index (κ1) is 16.8. The molecule has 1 aromatic rings. The van der Waals surface area contributed by atoms with Gasteiger partial charge in [0.2, 0.25) is 10.0 Å². The summed E-state index contributed by atoms with van der Waals surface area (Å²) in [4.78, 5) is -0.754. The molecule has 20 heavy (non-hydrogen) atoms. The Balaban J connectivity index is 3.07. The standard InChI is InChI=1S/C11H16F2N2O4S/c1-19-6-7(4-5-16)15-20(17,18)9-3-2-8(12)11(14)10(9)13/h2-3,7,15-16H,4-6,14H2,1H3. The van der Waals surface area contributed by atoms with Gasteiger partial charge in [0.25, 0.3) is 0 Å². The first-order valence-electron chi connectivity index (χ1n) is 5.69. The Morgan fingerprint density at radius 3 is 2.65 bits per heavy atom. The molecular weight excluding hydrogens is 294 g/mol. The molecule has 0 amide bonds. The lowest BCUT2D eigenvalue weighted by atomic mass is 10.2. The largest absolute Gasteiger partial charge is 0.396 e. The predicted octanol–water partition coefficient (Wildman–Crippen LogP) is 0.223. The van der Waals surface area contributed by atoms with Crippen LogP contribution in [-0.2, 0) is 14.8 Å². The van der Waals surface area contributed by atoms with E-state index < -0.39 is 38.3 Å². The Labute approximate surface area is 115 Å². The van der Waals surface area contributed by atoms with Crippen LogP contribution in [0.5, 0.6) is 0 Å². The molecule has 0 saturated heterocycles. The minimum atomic E-state index is -4.24. The Morgan fingerprint density at radius 1 is 1.45 bits per heavy atom. The van der Waals surface area contributed by atoms with Crippen molar-refractivity contribution in [2.45, 2.75) is 17.4 Å². The summed E-state index contributed by atoms with van der Waals surface area (Å²) in [7, 11) is -2.88. The van der Waals surface area contributed by atoms with Crippen molar-refractivity contribution in [3.05, 3.63) is 23.8 Å². The first-order valence-corrected chi connectivity index (χ1v) is 7.17. The summed E-state index contributed by atoms with van der Waals surface area (Å²) >= 11 is 0. The van der Waals surface area contributed by atoms with Crippen LogP contribution in [0.25, 0.3) is 0 Å². The second kappa shape index (κ2) is 6.93. The summed E-state index contributed by atoms with van der Waals surface area (Å²) in [5.41, 5.74) is 4.26. The maximum Gasteiger partial charge on any atom is 0.243 e. The molecule has 0 aliphatic rings. The number of ether oxygens (including phenoxy) is 1. The van der Waals surface area contributed by atoms with Crippen LogP contribution in [0.4, 0.5) is 14.5 Å². The third-order valence-electron chi connectivity index (χ3n) is 2.55. The number of aliphatic hydroxyl groups excluding tert-OH is 1. The number of hydrogen-bond donors (Lipinski definition) is 3. The van der Waals surface area contributed by atoms with E-state index in [1.165, 1.54) is 7.11 Å². The zero-order valence-electron chi connectivity index (χ0n) is 10.8. The van der Waals surface area contributed by atoms with Crippen LogP contribution >= 0.6 is 0 Å². The smallest absolute Gasteiger partial charge is 0.243 e. The average molecular weight is 310 g/mol. The summed E-state index contributed by atoms with van der Waals surface area (Å²) in [5.74, 6) is -2.39. The molecule has 9 heteroatoms. The lowest BCUT2D eigenvalue weighted by molar-refractivity contribution is 0.158. The van der Waals surface area contributed by atoms with E-state index in [0.717, 1.165) is 12.1 Å². The summed E-state index contributed by atoms with van der Waals surface area (Å²) < 4.78 is 57.7. The number of nitrogen functional groups attached to an aromatic ring is 1. The third-order valence-corrected chi connectivity index (χ3v) is 4.09. The SMILES string of the molecule is COCC(CCO)NS(=O)(=O)c1ccc(F)c(N)c1F. The van der Waals surface area contributed by atoms with E-state index in [2.05, 4.69) is 4.72 Å². The van der Waals surface area contributed by atoms with Gasteiger partial charge in [-0.1, -0.05) is 0 Å². The number of nitrogens with one attached hydrogen (secondary N) is 1. The van der Waals surface area contributed by atoms with E-state index in [0.29, 0.717) is 0 Å². The molecule has 0 spiro atoms. The van der Waals surface area contributed by atoms with Gasteiger partial charge in [0.15, 0.2) is 5.82 Å². The molecule has 0 heterocycles. The number of hydrogen-bond acceptors (Lipinski definition) is 5.